The van der Waals surface area contributed by atoms with E-state index in [0.29, 0.717) is 5.82 Å². The van der Waals surface area contributed by atoms with E-state index < -0.39 is 0 Å². The number of hydrogen-bond donors (Lipinski definition) is 0. The molecule has 0 saturated heterocycles. The molecule has 0 spiro atoms. The lowest BCUT2D eigenvalue weighted by Crippen LogP contribution is -2.15. The van der Waals surface area contributed by atoms with E-state index in [0.717, 1.165) is 54.5 Å². The van der Waals surface area contributed by atoms with Crippen LogP contribution in [0.1, 0.15) is 0 Å². The molecule has 5 heteroatoms. The third-order valence-electron chi connectivity index (χ3n) is 11.9. The highest BCUT2D eigenvalue weighted by molar-refractivity contribution is 7.26. The quantitative estimate of drug-likeness (QED) is 0.181. The number of anilines is 3. The standard InChI is InChI=1S/C52H30N4S/c1-2-16-33-31(13-1)27-29-45-48(33)40-22-11-14-32-15-12-25-44(47(32)40)55(45)43-30-28-38(34-17-3-4-18-35(34)43)51-53-49-39-21-7-10-26-46(39)57-50(49)52(54-51)56-41-23-8-5-19-36(41)37-20-6-9-24-42(37)56/h1-30H. The van der Waals surface area contributed by atoms with Gasteiger partial charge < -0.3 is 4.90 Å². The van der Waals surface area contributed by atoms with Crippen molar-refractivity contribution in [3.8, 4) is 28.3 Å². The van der Waals surface area contributed by atoms with E-state index >= 15 is 0 Å². The molecular formula is C52H30N4S. The maximum absolute atomic E-state index is 5.58. The molecule has 0 radical (unpaired) electrons. The van der Waals surface area contributed by atoms with Gasteiger partial charge in [0, 0.05) is 42.8 Å². The Morgan fingerprint density at radius 3 is 1.84 bits per heavy atom. The molecule has 57 heavy (non-hydrogen) atoms. The van der Waals surface area contributed by atoms with E-state index in [2.05, 4.69) is 191 Å². The summed E-state index contributed by atoms with van der Waals surface area (Å²) >= 11 is 1.77. The van der Waals surface area contributed by atoms with Crippen molar-refractivity contribution in [1.82, 2.24) is 14.5 Å². The average molecular weight is 743 g/mol. The summed E-state index contributed by atoms with van der Waals surface area (Å²) in [7, 11) is 0. The van der Waals surface area contributed by atoms with Crippen LogP contribution in [0.5, 0.6) is 0 Å². The summed E-state index contributed by atoms with van der Waals surface area (Å²) in [4.78, 5) is 13.5. The molecule has 0 amide bonds. The Hall–Kier alpha value is -7.34. The minimum absolute atomic E-state index is 0.711. The zero-order chi connectivity index (χ0) is 37.2. The molecule has 0 aliphatic carbocycles. The number of nitrogens with zero attached hydrogens (tertiary/aromatic N) is 4. The van der Waals surface area contributed by atoms with E-state index in [1.54, 1.807) is 11.3 Å². The molecule has 1 aliphatic heterocycles. The van der Waals surface area contributed by atoms with E-state index in [4.69, 9.17) is 9.97 Å². The van der Waals surface area contributed by atoms with Crippen LogP contribution in [-0.2, 0) is 0 Å². The molecule has 0 fully saturated rings. The Morgan fingerprint density at radius 1 is 0.404 bits per heavy atom. The van der Waals surface area contributed by atoms with Crippen LogP contribution in [0.25, 0.3) is 103 Å². The monoisotopic (exact) mass is 742 g/mol. The summed E-state index contributed by atoms with van der Waals surface area (Å²) in [6.45, 7) is 0. The fourth-order valence-corrected chi connectivity index (χ4v) is 10.6. The van der Waals surface area contributed by atoms with Crippen LogP contribution in [0.2, 0.25) is 0 Å². The number of thiophene rings is 1. The fraction of sp³-hybridized carbons (Fsp3) is 0. The molecule has 4 heterocycles. The van der Waals surface area contributed by atoms with Crippen molar-refractivity contribution >= 4 is 103 Å². The largest absolute Gasteiger partial charge is 0.309 e. The van der Waals surface area contributed by atoms with Crippen LogP contribution >= 0.6 is 11.3 Å². The highest BCUT2D eigenvalue weighted by Crippen LogP contribution is 2.54. The minimum Gasteiger partial charge on any atom is -0.309 e. The second-order valence-electron chi connectivity index (χ2n) is 14.9. The average Bonchev–Trinajstić information content (AvgIpc) is 3.82. The topological polar surface area (TPSA) is 34.0 Å². The summed E-state index contributed by atoms with van der Waals surface area (Å²) in [5.41, 5.74) is 10.3. The molecule has 4 nitrogen and oxygen atoms in total. The van der Waals surface area contributed by atoms with Gasteiger partial charge in [-0.2, -0.15) is 0 Å². The lowest BCUT2D eigenvalue weighted by atomic mass is 9.87. The molecule has 0 atom stereocenters. The third-order valence-corrected chi connectivity index (χ3v) is 13.1. The van der Waals surface area contributed by atoms with Crippen LogP contribution in [-0.4, -0.2) is 14.5 Å². The van der Waals surface area contributed by atoms with Gasteiger partial charge in [0.05, 0.1) is 38.3 Å². The lowest BCUT2D eigenvalue weighted by Gasteiger charge is -2.35. The van der Waals surface area contributed by atoms with E-state index in [9.17, 15) is 0 Å². The number of rotatable bonds is 3. The van der Waals surface area contributed by atoms with Gasteiger partial charge in [-0.3, -0.25) is 4.57 Å². The van der Waals surface area contributed by atoms with Gasteiger partial charge in [-0.15, -0.1) is 11.3 Å². The van der Waals surface area contributed by atoms with Crippen molar-refractivity contribution in [1.29, 1.82) is 0 Å². The zero-order valence-corrected chi connectivity index (χ0v) is 31.3. The number of benzene rings is 9. The maximum atomic E-state index is 5.58. The van der Waals surface area contributed by atoms with Gasteiger partial charge in [0.1, 0.15) is 0 Å². The van der Waals surface area contributed by atoms with Crippen LogP contribution in [0.3, 0.4) is 0 Å². The Morgan fingerprint density at radius 2 is 1.04 bits per heavy atom. The molecule has 0 bridgehead atoms. The summed E-state index contributed by atoms with van der Waals surface area (Å²) in [5, 5.41) is 10.8. The smallest absolute Gasteiger partial charge is 0.162 e. The summed E-state index contributed by atoms with van der Waals surface area (Å²) < 4.78 is 4.63. The molecule has 13 rings (SSSR count). The highest BCUT2D eigenvalue weighted by atomic mass is 32.1. The third kappa shape index (κ3) is 4.26. The molecule has 0 N–H and O–H groups in total. The van der Waals surface area contributed by atoms with Crippen LogP contribution in [0, 0.1) is 0 Å². The van der Waals surface area contributed by atoms with E-state index in [-0.39, 0.29) is 0 Å². The Labute approximate surface area is 331 Å². The molecule has 12 aromatic rings. The molecule has 9 aromatic carbocycles. The Bertz CT molecular complexity index is 3610. The van der Waals surface area contributed by atoms with Gasteiger partial charge in [-0.1, -0.05) is 140 Å². The van der Waals surface area contributed by atoms with Crippen molar-refractivity contribution in [2.75, 3.05) is 4.90 Å². The van der Waals surface area contributed by atoms with Crippen LogP contribution < -0.4 is 4.90 Å². The molecule has 264 valence electrons. The zero-order valence-electron chi connectivity index (χ0n) is 30.5. The van der Waals surface area contributed by atoms with Crippen molar-refractivity contribution in [2.24, 2.45) is 0 Å². The molecular weight excluding hydrogens is 713 g/mol. The lowest BCUT2D eigenvalue weighted by molar-refractivity contribution is 1.08. The van der Waals surface area contributed by atoms with Gasteiger partial charge in [-0.25, -0.2) is 9.97 Å². The molecule has 0 unspecified atom stereocenters. The fourth-order valence-electron chi connectivity index (χ4n) is 9.51. The Kier molecular flexibility index (Phi) is 6.29. The van der Waals surface area contributed by atoms with Crippen molar-refractivity contribution in [3.05, 3.63) is 182 Å². The molecule has 1 aliphatic rings. The SMILES string of the molecule is c1ccc2c3c(ccc2c1)N(c1ccc(-c2nc(-n4c5ccccc5c5ccccc54)c4sc5ccccc5c4n2)c2ccccc12)c1cccc2cccc-3c12. The predicted octanol–water partition coefficient (Wildman–Crippen LogP) is 14.5. The second kappa shape index (κ2) is 11.6. The molecule has 0 saturated carbocycles. The highest BCUT2D eigenvalue weighted by Gasteiger charge is 2.29. The second-order valence-corrected chi connectivity index (χ2v) is 15.9. The van der Waals surface area contributed by atoms with Gasteiger partial charge in [0.2, 0.25) is 0 Å². The van der Waals surface area contributed by atoms with E-state index in [1.807, 2.05) is 0 Å². The number of fused-ring (bicyclic) bond motifs is 11. The van der Waals surface area contributed by atoms with Crippen molar-refractivity contribution in [2.45, 2.75) is 0 Å². The predicted molar refractivity (Wildman–Crippen MR) is 241 cm³/mol. The first kappa shape index (κ1) is 30.9. The summed E-state index contributed by atoms with van der Waals surface area (Å²) in [5.74, 6) is 1.62. The van der Waals surface area contributed by atoms with Crippen molar-refractivity contribution in [3.63, 3.8) is 0 Å². The minimum atomic E-state index is 0.711. The first-order chi connectivity index (χ1) is 28.3. The van der Waals surface area contributed by atoms with Crippen LogP contribution in [0.4, 0.5) is 17.1 Å². The maximum Gasteiger partial charge on any atom is 0.162 e. The van der Waals surface area contributed by atoms with E-state index in [1.165, 1.54) is 59.5 Å². The van der Waals surface area contributed by atoms with Gasteiger partial charge in [-0.05, 0) is 69.6 Å². The van der Waals surface area contributed by atoms with Gasteiger partial charge in [0.15, 0.2) is 11.6 Å². The van der Waals surface area contributed by atoms with Gasteiger partial charge >= 0.3 is 0 Å². The number of aromatic nitrogens is 3. The summed E-state index contributed by atoms with van der Waals surface area (Å²) in [6.07, 6.45) is 0. The van der Waals surface area contributed by atoms with Crippen molar-refractivity contribution < 1.29 is 0 Å². The summed E-state index contributed by atoms with van der Waals surface area (Å²) in [6, 6.07) is 65.9. The first-order valence-electron chi connectivity index (χ1n) is 19.3. The van der Waals surface area contributed by atoms with Crippen LogP contribution in [0.15, 0.2) is 182 Å². The van der Waals surface area contributed by atoms with Gasteiger partial charge in [0.25, 0.3) is 0 Å². The number of hydrogen-bond acceptors (Lipinski definition) is 4. The first-order valence-corrected chi connectivity index (χ1v) is 20.2. The normalized spacial score (nSPS) is 12.5. The number of para-hydroxylation sites is 2. The molecule has 3 aromatic heterocycles. The Balaban J connectivity index is 1.10.